The van der Waals surface area contributed by atoms with E-state index >= 15 is 0 Å². The van der Waals surface area contributed by atoms with Crippen molar-refractivity contribution in [1.82, 2.24) is 19.5 Å². The zero-order valence-corrected chi connectivity index (χ0v) is 16.0. The molecule has 10 nitrogen and oxygen atoms in total. The second-order valence-electron chi connectivity index (χ2n) is 6.80. The molecular weight excluding hydrogens is 404 g/mol. The van der Waals surface area contributed by atoms with E-state index in [2.05, 4.69) is 15.0 Å². The van der Waals surface area contributed by atoms with Crippen LogP contribution in [-0.4, -0.2) is 42.7 Å². The van der Waals surface area contributed by atoms with Gasteiger partial charge < -0.3 is 19.9 Å². The molecule has 0 bridgehead atoms. The summed E-state index contributed by atoms with van der Waals surface area (Å²) in [5.74, 6) is -0.595. The minimum atomic E-state index is -4.39. The van der Waals surface area contributed by atoms with Crippen molar-refractivity contribution in [2.45, 2.75) is 12.5 Å². The number of phosphoric acid groups is 1. The van der Waals surface area contributed by atoms with Gasteiger partial charge in [0.1, 0.15) is 23.4 Å². The molecule has 1 unspecified atom stereocenters. The fourth-order valence-electron chi connectivity index (χ4n) is 3.52. The summed E-state index contributed by atoms with van der Waals surface area (Å²) < 4.78 is 36.9. The Labute approximate surface area is 164 Å². The van der Waals surface area contributed by atoms with Gasteiger partial charge in [-0.3, -0.25) is 9.42 Å². The average molecular weight is 423 g/mol. The molecule has 0 aliphatic heterocycles. The zero-order valence-electron chi connectivity index (χ0n) is 15.1. The van der Waals surface area contributed by atoms with Crippen molar-refractivity contribution in [2.75, 3.05) is 18.9 Å². The van der Waals surface area contributed by atoms with E-state index in [0.717, 1.165) is 12.1 Å². The number of imidazole rings is 1. The Morgan fingerprint density at radius 1 is 1.28 bits per heavy atom. The number of hydrogen-bond donors (Lipinski definition) is 3. The fraction of sp³-hybridized carbons (Fsp3) is 0.353. The molecule has 29 heavy (non-hydrogen) atoms. The number of aliphatic hydroxyl groups is 1. The van der Waals surface area contributed by atoms with Gasteiger partial charge in [-0.2, -0.15) is 0 Å². The van der Waals surface area contributed by atoms with E-state index in [1.807, 2.05) is 4.57 Å². The Hall–Kier alpha value is -2.59. The summed E-state index contributed by atoms with van der Waals surface area (Å²) in [7, 11) is -4.39. The van der Waals surface area contributed by atoms with Gasteiger partial charge in [0, 0.05) is 18.6 Å². The molecule has 1 aliphatic carbocycles. The van der Waals surface area contributed by atoms with Crippen LogP contribution in [0.15, 0.2) is 36.9 Å². The van der Waals surface area contributed by atoms with Crippen LogP contribution in [-0.2, 0) is 9.09 Å². The van der Waals surface area contributed by atoms with Crippen LogP contribution in [0.2, 0.25) is 0 Å². The Bertz CT molecular complexity index is 1060. The third kappa shape index (κ3) is 3.95. The maximum Gasteiger partial charge on any atom is 0.527 e. The number of nitrogens with zero attached hydrogens (tertiary/aromatic N) is 4. The van der Waals surface area contributed by atoms with E-state index in [4.69, 9.17) is 14.8 Å². The first-order chi connectivity index (χ1) is 13.9. The van der Waals surface area contributed by atoms with Gasteiger partial charge in [-0.05, 0) is 36.6 Å². The SMILES string of the molecule is Nc1ncnc2c1ncn2[C@@H]1C[C@H](COP(=O)(O)Oc2ccc(F)cc2)[C@H]1CO. The first-order valence-electron chi connectivity index (χ1n) is 8.84. The van der Waals surface area contributed by atoms with Crippen LogP contribution in [0, 0.1) is 17.7 Å². The van der Waals surface area contributed by atoms with Gasteiger partial charge >= 0.3 is 7.82 Å². The number of phosphoric ester groups is 1. The monoisotopic (exact) mass is 423 g/mol. The van der Waals surface area contributed by atoms with Crippen LogP contribution in [0.3, 0.4) is 0 Å². The number of halogens is 1. The molecule has 4 N–H and O–H groups in total. The average Bonchev–Trinajstić information content (AvgIpc) is 3.08. The van der Waals surface area contributed by atoms with E-state index in [1.54, 1.807) is 6.33 Å². The number of aliphatic hydroxyl groups excluding tert-OH is 1. The fourth-order valence-corrected chi connectivity index (χ4v) is 4.34. The van der Waals surface area contributed by atoms with E-state index in [1.165, 1.54) is 18.5 Å². The van der Waals surface area contributed by atoms with Gasteiger partial charge in [0.25, 0.3) is 0 Å². The Balaban J connectivity index is 1.40. The standard InChI is InChI=1S/C17H19FN5O5P/c18-11-1-3-12(4-2-11)28-29(25,26)27-7-10-5-14(13(10)6-24)23-9-22-15-16(19)20-8-21-17(15)23/h1-4,8-10,13-14,24H,5-7H2,(H,25,26)(H2,19,20,21)/t10-,13-,14-/m1/s1. The number of rotatable bonds is 7. The summed E-state index contributed by atoms with van der Waals surface area (Å²) in [5, 5.41) is 9.80. The largest absolute Gasteiger partial charge is 0.527 e. The third-order valence-electron chi connectivity index (χ3n) is 5.09. The lowest BCUT2D eigenvalue weighted by molar-refractivity contribution is -0.00488. The van der Waals surface area contributed by atoms with Gasteiger partial charge in [-0.25, -0.2) is 23.9 Å². The number of nitrogens with two attached hydrogens (primary N) is 1. The van der Waals surface area contributed by atoms with Gasteiger partial charge in [-0.15, -0.1) is 0 Å². The maximum absolute atomic E-state index is 12.9. The highest BCUT2D eigenvalue weighted by Crippen LogP contribution is 2.49. The molecule has 1 saturated carbocycles. The molecule has 4 rings (SSSR count). The van der Waals surface area contributed by atoms with Crippen LogP contribution in [0.1, 0.15) is 12.5 Å². The Morgan fingerprint density at radius 2 is 2.03 bits per heavy atom. The molecule has 1 aliphatic rings. The van der Waals surface area contributed by atoms with Crippen molar-refractivity contribution < 1.29 is 28.0 Å². The summed E-state index contributed by atoms with van der Waals surface area (Å²) in [4.78, 5) is 22.2. The summed E-state index contributed by atoms with van der Waals surface area (Å²) >= 11 is 0. The van der Waals surface area contributed by atoms with E-state index in [0.29, 0.717) is 17.6 Å². The van der Waals surface area contributed by atoms with Gasteiger partial charge in [0.2, 0.25) is 0 Å². The first kappa shape index (κ1) is 19.7. The van der Waals surface area contributed by atoms with Gasteiger partial charge in [0.15, 0.2) is 11.5 Å². The van der Waals surface area contributed by atoms with Crippen molar-refractivity contribution >= 4 is 24.8 Å². The zero-order chi connectivity index (χ0) is 20.6. The molecule has 0 spiro atoms. The molecule has 4 atom stereocenters. The molecule has 1 aromatic carbocycles. The van der Waals surface area contributed by atoms with Crippen molar-refractivity contribution in [2.24, 2.45) is 11.8 Å². The van der Waals surface area contributed by atoms with Crippen LogP contribution >= 0.6 is 7.82 Å². The second-order valence-corrected chi connectivity index (χ2v) is 8.18. The van der Waals surface area contributed by atoms with Crippen molar-refractivity contribution in [3.05, 3.63) is 42.7 Å². The second kappa shape index (κ2) is 7.68. The normalized spacial score (nSPS) is 23.5. The predicted molar refractivity (Wildman–Crippen MR) is 100 cm³/mol. The molecule has 2 aromatic heterocycles. The minimum Gasteiger partial charge on any atom is -0.404 e. The highest BCUT2D eigenvalue weighted by molar-refractivity contribution is 7.47. The van der Waals surface area contributed by atoms with Crippen molar-refractivity contribution in [3.63, 3.8) is 0 Å². The lowest BCUT2D eigenvalue weighted by Crippen LogP contribution is -2.42. The number of nitrogen functional groups attached to an aromatic ring is 1. The van der Waals surface area contributed by atoms with E-state index in [9.17, 15) is 19.0 Å². The molecule has 12 heteroatoms. The summed E-state index contributed by atoms with van der Waals surface area (Å²) in [6.45, 7) is -0.228. The molecule has 154 valence electrons. The molecule has 3 aromatic rings. The topological polar surface area (TPSA) is 146 Å². The van der Waals surface area contributed by atoms with Crippen LogP contribution in [0.5, 0.6) is 5.75 Å². The quantitative estimate of drug-likeness (QED) is 0.485. The number of fused-ring (bicyclic) bond motifs is 1. The van der Waals surface area contributed by atoms with Crippen LogP contribution < -0.4 is 10.3 Å². The third-order valence-corrected chi connectivity index (χ3v) is 6.00. The molecule has 0 saturated heterocycles. The van der Waals surface area contributed by atoms with Gasteiger partial charge in [-0.1, -0.05) is 0 Å². The van der Waals surface area contributed by atoms with E-state index < -0.39 is 13.6 Å². The smallest absolute Gasteiger partial charge is 0.404 e. The predicted octanol–water partition coefficient (Wildman–Crippen LogP) is 1.91. The highest BCUT2D eigenvalue weighted by Gasteiger charge is 2.43. The first-order valence-corrected chi connectivity index (χ1v) is 10.3. The number of benzene rings is 1. The van der Waals surface area contributed by atoms with Gasteiger partial charge in [0.05, 0.1) is 12.9 Å². The van der Waals surface area contributed by atoms with Crippen molar-refractivity contribution in [3.8, 4) is 5.75 Å². The number of hydrogen-bond acceptors (Lipinski definition) is 8. The molecule has 0 amide bonds. The van der Waals surface area contributed by atoms with Crippen LogP contribution in [0.4, 0.5) is 10.2 Å². The van der Waals surface area contributed by atoms with Crippen LogP contribution in [0.25, 0.3) is 11.2 Å². The minimum absolute atomic E-state index is 0.0181. The van der Waals surface area contributed by atoms with E-state index in [-0.39, 0.29) is 42.7 Å². The maximum atomic E-state index is 12.9. The lowest BCUT2D eigenvalue weighted by atomic mass is 9.70. The molecule has 2 heterocycles. The summed E-state index contributed by atoms with van der Waals surface area (Å²) in [5.41, 5.74) is 6.85. The highest BCUT2D eigenvalue weighted by atomic mass is 31.2. The van der Waals surface area contributed by atoms with Crippen molar-refractivity contribution in [1.29, 1.82) is 0 Å². The lowest BCUT2D eigenvalue weighted by Gasteiger charge is -2.44. The number of anilines is 1. The molecular formula is C17H19FN5O5P. The molecule has 1 fully saturated rings. The summed E-state index contributed by atoms with van der Waals surface area (Å²) in [6, 6.07) is 4.58. The Kier molecular flexibility index (Phi) is 5.22. The Morgan fingerprint density at radius 3 is 2.76 bits per heavy atom. The molecule has 0 radical (unpaired) electrons. The number of aromatic nitrogens is 4. The summed E-state index contributed by atoms with van der Waals surface area (Å²) in [6.07, 6.45) is 3.52.